The topological polar surface area (TPSA) is 46.4 Å². The van der Waals surface area contributed by atoms with Crippen molar-refractivity contribution < 1.29 is 22.5 Å². The summed E-state index contributed by atoms with van der Waals surface area (Å²) in [5, 5.41) is 13.8. The molecule has 20 heavy (non-hydrogen) atoms. The fourth-order valence-corrected chi connectivity index (χ4v) is 2.17. The molecule has 0 spiro atoms. The highest BCUT2D eigenvalue weighted by atomic mass is 35.5. The predicted octanol–water partition coefficient (Wildman–Crippen LogP) is 0.416. The van der Waals surface area contributed by atoms with Gasteiger partial charge in [0.2, 0.25) is 5.52 Å². The maximum atomic E-state index is 9.31. The smallest absolute Gasteiger partial charge is 0.213 e. The van der Waals surface area contributed by atoms with E-state index >= 15 is 0 Å². The fraction of sp³-hybridized carbons (Fsp3) is 0.0625. The molecule has 102 valence electrons. The molecule has 0 radical (unpaired) electrons. The van der Waals surface area contributed by atoms with Crippen LogP contribution in [0.1, 0.15) is 5.69 Å². The van der Waals surface area contributed by atoms with Crippen molar-refractivity contribution in [1.82, 2.24) is 0 Å². The molecule has 0 unspecified atom stereocenters. The lowest BCUT2D eigenvalue weighted by molar-refractivity contribution is -0.354. The van der Waals surface area contributed by atoms with Gasteiger partial charge in [0.15, 0.2) is 5.69 Å². The quantitative estimate of drug-likeness (QED) is 0.671. The minimum atomic E-state index is 0. The molecule has 0 aliphatic rings. The normalized spacial score (nSPS) is 10.1. The van der Waals surface area contributed by atoms with Crippen molar-refractivity contribution in [3.63, 3.8) is 0 Å². The number of benzene rings is 2. The molecule has 1 aromatic heterocycles. The molecule has 3 rings (SSSR count). The first-order valence-corrected chi connectivity index (χ1v) is 6.20. The summed E-state index contributed by atoms with van der Waals surface area (Å²) < 4.78 is 0. The summed E-state index contributed by atoms with van der Waals surface area (Å²) in [5.74, 6) is 0.271. The number of fused-ring (bicyclic) bond motifs is 1. The molecule has 4 heteroatoms. The molecular formula is C16H15ClN2O. The zero-order chi connectivity index (χ0) is 13.2. The highest BCUT2D eigenvalue weighted by Crippen LogP contribution is 2.25. The van der Waals surface area contributed by atoms with E-state index in [4.69, 9.17) is 0 Å². The van der Waals surface area contributed by atoms with Gasteiger partial charge in [0, 0.05) is 24.7 Å². The minimum Gasteiger partial charge on any atom is -1.00 e. The van der Waals surface area contributed by atoms with Gasteiger partial charge < -0.3 is 22.8 Å². The third kappa shape index (κ3) is 2.83. The number of hydrogen-bond donors (Lipinski definition) is 2. The van der Waals surface area contributed by atoms with Crippen LogP contribution in [0.15, 0.2) is 54.6 Å². The summed E-state index contributed by atoms with van der Waals surface area (Å²) in [6.45, 7) is 2.04. The number of rotatable bonds is 2. The van der Waals surface area contributed by atoms with Gasteiger partial charge in [-0.15, -0.1) is 0 Å². The first kappa shape index (κ1) is 14.2. The summed E-state index contributed by atoms with van der Waals surface area (Å²) >= 11 is 0. The number of hydrogen-bond acceptors (Lipinski definition) is 2. The number of aryl methyl sites for hydroxylation is 1. The van der Waals surface area contributed by atoms with Crippen molar-refractivity contribution in [3.8, 4) is 5.75 Å². The van der Waals surface area contributed by atoms with Gasteiger partial charge in [0.25, 0.3) is 0 Å². The largest absolute Gasteiger partial charge is 1.00 e. The molecule has 1 heterocycles. The summed E-state index contributed by atoms with van der Waals surface area (Å²) in [5.41, 5.74) is 4.20. The number of pyridine rings is 1. The van der Waals surface area contributed by atoms with Crippen LogP contribution in [0.25, 0.3) is 10.9 Å². The van der Waals surface area contributed by atoms with Gasteiger partial charge in [-0.3, -0.25) is 0 Å². The number of aromatic nitrogens is 1. The monoisotopic (exact) mass is 286 g/mol. The Balaban J connectivity index is 0.00000147. The number of nitrogens with one attached hydrogen (secondary N) is 2. The van der Waals surface area contributed by atoms with E-state index in [2.05, 4.69) is 28.5 Å². The lowest BCUT2D eigenvalue weighted by Gasteiger charge is -2.08. The summed E-state index contributed by atoms with van der Waals surface area (Å²) in [7, 11) is 0. The number of anilines is 2. The Bertz CT molecular complexity index is 726. The summed E-state index contributed by atoms with van der Waals surface area (Å²) in [6, 6.07) is 17.3. The molecule has 0 aliphatic carbocycles. The van der Waals surface area contributed by atoms with E-state index < -0.39 is 0 Å². The van der Waals surface area contributed by atoms with Gasteiger partial charge in [-0.1, -0.05) is 12.1 Å². The number of halogens is 1. The molecule has 0 amide bonds. The van der Waals surface area contributed by atoms with Gasteiger partial charge in [0.1, 0.15) is 5.75 Å². The van der Waals surface area contributed by atoms with Crippen molar-refractivity contribution in [3.05, 3.63) is 60.3 Å². The number of aromatic amines is 1. The molecule has 3 aromatic rings. The van der Waals surface area contributed by atoms with Crippen molar-refractivity contribution in [2.24, 2.45) is 0 Å². The van der Waals surface area contributed by atoms with Gasteiger partial charge in [-0.05, 0) is 30.3 Å². The summed E-state index contributed by atoms with van der Waals surface area (Å²) in [6.07, 6.45) is 0. The van der Waals surface area contributed by atoms with E-state index in [0.29, 0.717) is 0 Å². The van der Waals surface area contributed by atoms with Crippen LogP contribution < -0.4 is 22.7 Å². The van der Waals surface area contributed by atoms with Crippen molar-refractivity contribution in [1.29, 1.82) is 0 Å². The van der Waals surface area contributed by atoms with E-state index in [1.807, 2.05) is 31.2 Å². The fourth-order valence-electron chi connectivity index (χ4n) is 2.17. The second-order valence-corrected chi connectivity index (χ2v) is 4.58. The van der Waals surface area contributed by atoms with E-state index in [1.54, 1.807) is 12.1 Å². The zero-order valence-electron chi connectivity index (χ0n) is 11.0. The van der Waals surface area contributed by atoms with Crippen LogP contribution in [0.4, 0.5) is 11.4 Å². The van der Waals surface area contributed by atoms with Crippen LogP contribution in [0.2, 0.25) is 0 Å². The molecule has 0 atom stereocenters. The molecular weight excluding hydrogens is 272 g/mol. The zero-order valence-corrected chi connectivity index (χ0v) is 11.8. The predicted molar refractivity (Wildman–Crippen MR) is 76.6 cm³/mol. The molecule has 0 aliphatic heterocycles. The average molecular weight is 287 g/mol. The molecule has 0 bridgehead atoms. The molecule has 0 saturated heterocycles. The first-order chi connectivity index (χ1) is 9.22. The molecule has 0 fully saturated rings. The molecule has 2 aromatic carbocycles. The third-order valence-corrected chi connectivity index (χ3v) is 3.06. The second-order valence-electron chi connectivity index (χ2n) is 4.58. The van der Waals surface area contributed by atoms with Crippen LogP contribution >= 0.6 is 0 Å². The molecule has 3 nitrogen and oxygen atoms in total. The van der Waals surface area contributed by atoms with Crippen LogP contribution in [0, 0.1) is 6.92 Å². The molecule has 0 saturated carbocycles. The lowest BCUT2D eigenvalue weighted by Crippen LogP contribution is -3.00. The van der Waals surface area contributed by atoms with Crippen molar-refractivity contribution in [2.75, 3.05) is 5.32 Å². The molecule has 3 N–H and O–H groups in total. The maximum Gasteiger partial charge on any atom is 0.213 e. The average Bonchev–Trinajstić information content (AvgIpc) is 2.41. The lowest BCUT2D eigenvalue weighted by atomic mass is 10.1. The number of phenolic OH excluding ortho intramolecular Hbond substituents is 1. The maximum absolute atomic E-state index is 9.31. The number of phenols is 1. The van der Waals surface area contributed by atoms with Crippen LogP contribution in [-0.2, 0) is 0 Å². The van der Waals surface area contributed by atoms with Gasteiger partial charge in [-0.2, -0.15) is 0 Å². The number of para-hydroxylation sites is 1. The van der Waals surface area contributed by atoms with E-state index in [9.17, 15) is 5.11 Å². The Morgan fingerprint density at radius 1 is 1.00 bits per heavy atom. The Kier molecular flexibility index (Phi) is 4.11. The van der Waals surface area contributed by atoms with E-state index in [0.717, 1.165) is 28.0 Å². The Morgan fingerprint density at radius 3 is 2.45 bits per heavy atom. The number of aromatic hydroxyl groups is 1. The highest BCUT2D eigenvalue weighted by Gasteiger charge is 2.08. The van der Waals surface area contributed by atoms with E-state index in [-0.39, 0.29) is 18.2 Å². The van der Waals surface area contributed by atoms with Crippen LogP contribution in [0.5, 0.6) is 5.75 Å². The Morgan fingerprint density at radius 2 is 1.70 bits per heavy atom. The van der Waals surface area contributed by atoms with Crippen molar-refractivity contribution in [2.45, 2.75) is 6.92 Å². The number of H-pyrrole nitrogens is 1. The van der Waals surface area contributed by atoms with Gasteiger partial charge in [0.05, 0.1) is 11.1 Å². The minimum absolute atomic E-state index is 0. The van der Waals surface area contributed by atoms with Gasteiger partial charge in [-0.25, -0.2) is 4.98 Å². The Hall–Kier alpha value is -2.26. The standard InChI is InChI=1S/C16H14N2O.ClH/c1-11-10-16(14-4-2-3-5-15(14)17-11)18-12-6-8-13(19)9-7-12;/h2-10,19H,1H3,(H,17,18);1H. The first-order valence-electron chi connectivity index (χ1n) is 6.20. The SMILES string of the molecule is Cc1cc(Nc2ccc(O)cc2)c2ccccc2[nH+]1.[Cl-]. The van der Waals surface area contributed by atoms with E-state index in [1.165, 1.54) is 0 Å². The van der Waals surface area contributed by atoms with Crippen LogP contribution in [0.3, 0.4) is 0 Å². The van der Waals surface area contributed by atoms with Crippen LogP contribution in [-0.4, -0.2) is 5.11 Å². The van der Waals surface area contributed by atoms with Gasteiger partial charge >= 0.3 is 0 Å². The van der Waals surface area contributed by atoms with Crippen molar-refractivity contribution >= 4 is 22.3 Å². The third-order valence-electron chi connectivity index (χ3n) is 3.06. The highest BCUT2D eigenvalue weighted by molar-refractivity contribution is 5.91. The second kappa shape index (κ2) is 5.80. The summed E-state index contributed by atoms with van der Waals surface area (Å²) in [4.78, 5) is 3.34. The Labute approximate surface area is 123 Å².